The number of nitrogens with one attached hydrogen (secondary N) is 1. The third kappa shape index (κ3) is 1.84. The van der Waals surface area contributed by atoms with Crippen LogP contribution in [0.1, 0.15) is 33.1 Å². The van der Waals surface area contributed by atoms with Gasteiger partial charge < -0.3 is 10.4 Å². The Kier molecular flexibility index (Phi) is 3.22. The van der Waals surface area contributed by atoms with Gasteiger partial charge in [-0.05, 0) is 38.3 Å². The topological polar surface area (TPSA) is 52.6 Å². The van der Waals surface area contributed by atoms with Crippen molar-refractivity contribution in [2.45, 2.75) is 44.7 Å². The molecule has 2 aliphatic heterocycles. The summed E-state index contributed by atoms with van der Waals surface area (Å²) in [7, 11) is 0. The van der Waals surface area contributed by atoms with Crippen molar-refractivity contribution in [3.63, 3.8) is 0 Å². The molecule has 4 nitrogen and oxygen atoms in total. The van der Waals surface area contributed by atoms with Gasteiger partial charge in [-0.1, -0.05) is 13.8 Å². The summed E-state index contributed by atoms with van der Waals surface area (Å²) in [5, 5.41) is 12.9. The first-order valence-electron chi connectivity index (χ1n) is 6.29. The minimum absolute atomic E-state index is 0.212. The van der Waals surface area contributed by atoms with Crippen molar-refractivity contribution < 1.29 is 9.90 Å². The van der Waals surface area contributed by atoms with Crippen LogP contribution in [0.3, 0.4) is 0 Å². The van der Waals surface area contributed by atoms with Gasteiger partial charge in [-0.15, -0.1) is 0 Å². The lowest BCUT2D eigenvalue weighted by Crippen LogP contribution is -2.59. The van der Waals surface area contributed by atoms with E-state index in [4.69, 9.17) is 0 Å². The Morgan fingerprint density at radius 1 is 1.56 bits per heavy atom. The molecule has 0 saturated carbocycles. The summed E-state index contributed by atoms with van der Waals surface area (Å²) < 4.78 is 0. The second-order valence-corrected chi connectivity index (χ2v) is 5.50. The molecular formula is C12H22N2O2. The second-order valence-electron chi connectivity index (χ2n) is 5.50. The number of hydrogen-bond acceptors (Lipinski definition) is 3. The molecule has 2 unspecified atom stereocenters. The Labute approximate surface area is 97.0 Å². The maximum atomic E-state index is 11.6. The Morgan fingerprint density at radius 2 is 2.31 bits per heavy atom. The third-order valence-corrected chi connectivity index (χ3v) is 3.93. The van der Waals surface area contributed by atoms with Crippen molar-refractivity contribution in [3.8, 4) is 0 Å². The minimum atomic E-state index is -0.680. The van der Waals surface area contributed by atoms with Gasteiger partial charge in [0.1, 0.15) is 5.54 Å². The fourth-order valence-electron chi connectivity index (χ4n) is 3.06. The van der Waals surface area contributed by atoms with Gasteiger partial charge >= 0.3 is 5.97 Å². The Bertz CT molecular complexity index is 280. The molecule has 0 amide bonds. The first-order valence-corrected chi connectivity index (χ1v) is 6.29. The van der Waals surface area contributed by atoms with E-state index >= 15 is 0 Å². The Balaban J connectivity index is 2.12. The van der Waals surface area contributed by atoms with Crippen LogP contribution in [0.25, 0.3) is 0 Å². The van der Waals surface area contributed by atoms with E-state index in [-0.39, 0.29) is 6.04 Å². The van der Waals surface area contributed by atoms with Gasteiger partial charge in [0.05, 0.1) is 0 Å². The molecule has 2 fully saturated rings. The molecule has 4 heteroatoms. The van der Waals surface area contributed by atoms with Crippen LogP contribution in [-0.2, 0) is 4.79 Å². The van der Waals surface area contributed by atoms with Gasteiger partial charge in [0, 0.05) is 12.6 Å². The van der Waals surface area contributed by atoms with Crippen molar-refractivity contribution in [2.24, 2.45) is 5.92 Å². The van der Waals surface area contributed by atoms with Gasteiger partial charge in [-0.25, -0.2) is 0 Å². The van der Waals surface area contributed by atoms with Crippen molar-refractivity contribution in [1.29, 1.82) is 0 Å². The van der Waals surface area contributed by atoms with E-state index < -0.39 is 11.5 Å². The highest BCUT2D eigenvalue weighted by Crippen LogP contribution is 2.36. The van der Waals surface area contributed by atoms with Crippen LogP contribution >= 0.6 is 0 Å². The van der Waals surface area contributed by atoms with Crippen LogP contribution < -0.4 is 5.32 Å². The summed E-state index contributed by atoms with van der Waals surface area (Å²) in [6.45, 7) is 7.02. The van der Waals surface area contributed by atoms with Gasteiger partial charge in [0.2, 0.25) is 0 Å². The highest BCUT2D eigenvalue weighted by atomic mass is 16.4. The van der Waals surface area contributed by atoms with Crippen LogP contribution in [0.5, 0.6) is 0 Å². The molecule has 16 heavy (non-hydrogen) atoms. The highest BCUT2D eigenvalue weighted by molar-refractivity contribution is 5.80. The lowest BCUT2D eigenvalue weighted by atomic mass is 9.88. The van der Waals surface area contributed by atoms with Crippen molar-refractivity contribution >= 4 is 5.97 Å². The van der Waals surface area contributed by atoms with Gasteiger partial charge in [0.15, 0.2) is 0 Å². The molecule has 2 atom stereocenters. The molecule has 0 aliphatic carbocycles. The number of rotatable bonds is 4. The lowest BCUT2D eigenvalue weighted by Gasteiger charge is -2.32. The number of carboxylic acid groups (broad SMARTS) is 1. The zero-order chi connectivity index (χ0) is 11.8. The number of nitrogens with zero attached hydrogens (tertiary/aromatic N) is 1. The predicted molar refractivity (Wildman–Crippen MR) is 62.4 cm³/mol. The molecule has 92 valence electrons. The number of fused-ring (bicyclic) bond motifs is 1. The molecule has 2 N–H and O–H groups in total. The number of hydrogen-bond donors (Lipinski definition) is 2. The predicted octanol–water partition coefficient (Wildman–Crippen LogP) is 0.923. The fourth-order valence-corrected chi connectivity index (χ4v) is 3.06. The monoisotopic (exact) mass is 226 g/mol. The average molecular weight is 226 g/mol. The van der Waals surface area contributed by atoms with E-state index in [0.29, 0.717) is 5.92 Å². The van der Waals surface area contributed by atoms with Crippen molar-refractivity contribution in [2.75, 3.05) is 19.6 Å². The molecule has 0 aromatic heterocycles. The molecule has 0 spiro atoms. The van der Waals surface area contributed by atoms with E-state index in [1.165, 1.54) is 0 Å². The SMILES string of the molecule is CC(C)CNC1(C(=O)O)CCN2CCCC21. The first kappa shape index (κ1) is 11.9. The second kappa shape index (κ2) is 4.34. The molecule has 0 aromatic carbocycles. The summed E-state index contributed by atoms with van der Waals surface area (Å²) in [4.78, 5) is 13.9. The number of carbonyl (C=O) groups is 1. The summed E-state index contributed by atoms with van der Waals surface area (Å²) in [5.74, 6) is -0.172. The summed E-state index contributed by atoms with van der Waals surface area (Å²) in [6.07, 6.45) is 2.92. The van der Waals surface area contributed by atoms with Crippen molar-refractivity contribution in [3.05, 3.63) is 0 Å². The number of carboxylic acids is 1. The molecule has 2 saturated heterocycles. The molecule has 2 heterocycles. The van der Waals surface area contributed by atoms with E-state index in [2.05, 4.69) is 24.1 Å². The van der Waals surface area contributed by atoms with Crippen LogP contribution in [0.2, 0.25) is 0 Å². The molecule has 2 rings (SSSR count). The molecule has 0 radical (unpaired) electrons. The van der Waals surface area contributed by atoms with Crippen LogP contribution in [0.4, 0.5) is 0 Å². The Morgan fingerprint density at radius 3 is 2.94 bits per heavy atom. The molecular weight excluding hydrogens is 204 g/mol. The zero-order valence-corrected chi connectivity index (χ0v) is 10.2. The largest absolute Gasteiger partial charge is 0.480 e. The van der Waals surface area contributed by atoms with E-state index in [1.807, 2.05) is 0 Å². The molecule has 2 aliphatic rings. The maximum absolute atomic E-state index is 11.6. The number of aliphatic carboxylic acids is 1. The van der Waals surface area contributed by atoms with Gasteiger partial charge in [-0.3, -0.25) is 9.69 Å². The van der Waals surface area contributed by atoms with Crippen molar-refractivity contribution in [1.82, 2.24) is 10.2 Å². The summed E-state index contributed by atoms with van der Waals surface area (Å²) >= 11 is 0. The average Bonchev–Trinajstić information content (AvgIpc) is 2.75. The van der Waals surface area contributed by atoms with E-state index in [1.54, 1.807) is 0 Å². The maximum Gasteiger partial charge on any atom is 0.325 e. The zero-order valence-electron chi connectivity index (χ0n) is 10.2. The standard InChI is InChI=1S/C12H22N2O2/c1-9(2)8-13-12(11(15)16)5-7-14-6-3-4-10(12)14/h9-10,13H,3-8H2,1-2H3,(H,15,16). The third-order valence-electron chi connectivity index (χ3n) is 3.93. The summed E-state index contributed by atoms with van der Waals surface area (Å²) in [6, 6.07) is 0.212. The van der Waals surface area contributed by atoms with E-state index in [0.717, 1.165) is 38.9 Å². The van der Waals surface area contributed by atoms with Crippen LogP contribution in [-0.4, -0.2) is 47.2 Å². The first-order chi connectivity index (χ1) is 7.56. The van der Waals surface area contributed by atoms with Crippen LogP contribution in [0.15, 0.2) is 0 Å². The Hall–Kier alpha value is -0.610. The fraction of sp³-hybridized carbons (Fsp3) is 0.917. The van der Waals surface area contributed by atoms with Gasteiger partial charge in [-0.2, -0.15) is 0 Å². The molecule has 0 aromatic rings. The van der Waals surface area contributed by atoms with E-state index in [9.17, 15) is 9.90 Å². The van der Waals surface area contributed by atoms with Crippen LogP contribution in [0, 0.1) is 5.92 Å². The highest BCUT2D eigenvalue weighted by Gasteiger charge is 2.54. The minimum Gasteiger partial charge on any atom is -0.480 e. The quantitative estimate of drug-likeness (QED) is 0.748. The smallest absolute Gasteiger partial charge is 0.325 e. The summed E-state index contributed by atoms with van der Waals surface area (Å²) in [5.41, 5.74) is -0.680. The van der Waals surface area contributed by atoms with Gasteiger partial charge in [0.25, 0.3) is 0 Å². The molecule has 0 bridgehead atoms. The normalized spacial score (nSPS) is 34.6. The lowest BCUT2D eigenvalue weighted by molar-refractivity contribution is -0.145.